The van der Waals surface area contributed by atoms with Crippen LogP contribution in [0.5, 0.6) is 0 Å². The molecule has 1 aromatic rings. The molecule has 0 aromatic carbocycles. The van der Waals surface area contributed by atoms with E-state index < -0.39 is 0 Å². The summed E-state index contributed by atoms with van der Waals surface area (Å²) >= 11 is 11.8. The van der Waals surface area contributed by atoms with Crippen LogP contribution < -0.4 is 10.2 Å². The van der Waals surface area contributed by atoms with Crippen molar-refractivity contribution < 1.29 is 4.79 Å². The molecule has 1 aliphatic heterocycles. The molecule has 0 bridgehead atoms. The predicted octanol–water partition coefficient (Wildman–Crippen LogP) is 1.76. The molecule has 1 fully saturated rings. The fraction of sp³-hybridized carbons (Fsp3) is 0.500. The lowest BCUT2D eigenvalue weighted by molar-refractivity contribution is -0.117. The van der Waals surface area contributed by atoms with Crippen LogP contribution in [0.4, 0.5) is 11.5 Å². The summed E-state index contributed by atoms with van der Waals surface area (Å²) in [4.78, 5) is 21.4. The van der Waals surface area contributed by atoms with Gasteiger partial charge in [-0.3, -0.25) is 4.79 Å². The number of halogens is 2. The third-order valence-electron chi connectivity index (χ3n) is 2.71. The molecule has 0 aliphatic carbocycles. The highest BCUT2D eigenvalue weighted by molar-refractivity contribution is 6.33. The summed E-state index contributed by atoms with van der Waals surface area (Å²) in [5.74, 6) is 1.17. The number of nitrogens with zero attached hydrogens (tertiary/aromatic N) is 3. The average molecular weight is 275 g/mol. The predicted molar refractivity (Wildman–Crippen MR) is 67.8 cm³/mol. The number of amides is 1. The molecule has 1 amide bonds. The van der Waals surface area contributed by atoms with Crippen LogP contribution in [-0.4, -0.2) is 35.3 Å². The van der Waals surface area contributed by atoms with Crippen LogP contribution in [0.1, 0.15) is 6.42 Å². The molecule has 1 atom stereocenters. The van der Waals surface area contributed by atoms with Crippen molar-refractivity contribution in [3.63, 3.8) is 0 Å². The smallest absolute Gasteiger partial charge is 0.227 e. The van der Waals surface area contributed by atoms with Crippen LogP contribution in [0.2, 0.25) is 5.15 Å². The molecule has 0 spiro atoms. The number of carbonyl (C=O) groups excluding carboxylic acids is 1. The van der Waals surface area contributed by atoms with Crippen LogP contribution in [0.25, 0.3) is 0 Å². The molecule has 1 aliphatic rings. The summed E-state index contributed by atoms with van der Waals surface area (Å²) in [7, 11) is 1.72. The molecule has 1 N–H and O–H groups in total. The summed E-state index contributed by atoms with van der Waals surface area (Å²) in [5, 5.41) is 3.18. The van der Waals surface area contributed by atoms with Crippen molar-refractivity contribution in [1.29, 1.82) is 0 Å². The van der Waals surface area contributed by atoms with E-state index in [-0.39, 0.29) is 17.0 Å². The van der Waals surface area contributed by atoms with E-state index in [1.165, 1.54) is 6.33 Å². The van der Waals surface area contributed by atoms with Crippen molar-refractivity contribution in [3.05, 3.63) is 11.5 Å². The molecular formula is C10H12Cl2N4O. The number of hydrogen-bond acceptors (Lipinski definition) is 4. The van der Waals surface area contributed by atoms with E-state index in [2.05, 4.69) is 15.3 Å². The highest BCUT2D eigenvalue weighted by atomic mass is 35.5. The number of nitrogens with one attached hydrogen (secondary N) is 1. The first-order chi connectivity index (χ1) is 8.17. The number of hydrogen-bond donors (Lipinski definition) is 1. The SMILES string of the molecule is CNc1ncnc(Cl)c1N1CC(CCl)CC1=O. The lowest BCUT2D eigenvalue weighted by Gasteiger charge is -2.19. The molecule has 17 heavy (non-hydrogen) atoms. The minimum atomic E-state index is 0.00356. The average Bonchev–Trinajstić information content (AvgIpc) is 2.70. The maximum Gasteiger partial charge on any atom is 0.227 e. The maximum atomic E-state index is 11.9. The van der Waals surface area contributed by atoms with Gasteiger partial charge in [0.15, 0.2) is 11.0 Å². The number of aromatic nitrogens is 2. The molecule has 5 nitrogen and oxygen atoms in total. The minimum absolute atomic E-state index is 0.00356. The second-order valence-electron chi connectivity index (χ2n) is 3.84. The standard InChI is InChI=1S/C10H12Cl2N4O/c1-13-10-8(9(12)14-5-15-10)16-4-6(3-11)2-7(16)17/h5-6H,2-4H2,1H3,(H,13,14,15). The Labute approximate surface area is 109 Å². The number of rotatable bonds is 3. The molecule has 2 heterocycles. The van der Waals surface area contributed by atoms with Gasteiger partial charge in [-0.25, -0.2) is 9.97 Å². The monoisotopic (exact) mass is 274 g/mol. The van der Waals surface area contributed by atoms with E-state index in [1.54, 1.807) is 11.9 Å². The third kappa shape index (κ3) is 2.30. The van der Waals surface area contributed by atoms with E-state index >= 15 is 0 Å². The van der Waals surface area contributed by atoms with Gasteiger partial charge in [-0.1, -0.05) is 11.6 Å². The summed E-state index contributed by atoms with van der Waals surface area (Å²) in [6, 6.07) is 0. The van der Waals surface area contributed by atoms with Crippen molar-refractivity contribution in [2.45, 2.75) is 6.42 Å². The Morgan fingerprint density at radius 1 is 1.59 bits per heavy atom. The van der Waals surface area contributed by atoms with E-state index in [1.807, 2.05) is 0 Å². The van der Waals surface area contributed by atoms with Crippen molar-refractivity contribution in [2.24, 2.45) is 5.92 Å². The molecule has 0 radical (unpaired) electrons. The van der Waals surface area contributed by atoms with Crippen molar-refractivity contribution >= 4 is 40.6 Å². The lowest BCUT2D eigenvalue weighted by atomic mass is 10.1. The van der Waals surface area contributed by atoms with Crippen molar-refractivity contribution in [1.82, 2.24) is 9.97 Å². The van der Waals surface area contributed by atoms with E-state index in [0.717, 1.165) is 0 Å². The summed E-state index contributed by atoms with van der Waals surface area (Å²) in [6.45, 7) is 0.560. The van der Waals surface area contributed by atoms with E-state index in [9.17, 15) is 4.79 Å². The van der Waals surface area contributed by atoms with Gasteiger partial charge in [0.05, 0.1) is 0 Å². The molecule has 7 heteroatoms. The lowest BCUT2D eigenvalue weighted by Crippen LogP contribution is -2.26. The molecule has 92 valence electrons. The first-order valence-electron chi connectivity index (χ1n) is 5.22. The van der Waals surface area contributed by atoms with E-state index in [0.29, 0.717) is 30.4 Å². The zero-order chi connectivity index (χ0) is 12.4. The zero-order valence-electron chi connectivity index (χ0n) is 9.28. The highest BCUT2D eigenvalue weighted by Crippen LogP contribution is 2.34. The van der Waals surface area contributed by atoms with Gasteiger partial charge in [0.25, 0.3) is 0 Å². The molecule has 1 saturated heterocycles. The fourth-order valence-electron chi connectivity index (χ4n) is 1.88. The van der Waals surface area contributed by atoms with Crippen LogP contribution in [-0.2, 0) is 4.79 Å². The van der Waals surface area contributed by atoms with Gasteiger partial charge >= 0.3 is 0 Å². The van der Waals surface area contributed by atoms with Gasteiger partial charge in [-0.2, -0.15) is 0 Å². The Bertz CT molecular complexity index is 440. The summed E-state index contributed by atoms with van der Waals surface area (Å²) < 4.78 is 0. The maximum absolute atomic E-state index is 11.9. The quantitative estimate of drug-likeness (QED) is 0.674. The first-order valence-corrected chi connectivity index (χ1v) is 6.13. The Balaban J connectivity index is 2.37. The van der Waals surface area contributed by atoms with Crippen molar-refractivity contribution in [2.75, 3.05) is 29.7 Å². The molecule has 2 rings (SSSR count). The van der Waals surface area contributed by atoms with Gasteiger partial charge in [0, 0.05) is 25.9 Å². The Morgan fingerprint density at radius 3 is 2.94 bits per heavy atom. The summed E-state index contributed by atoms with van der Waals surface area (Å²) in [6.07, 6.45) is 1.80. The zero-order valence-corrected chi connectivity index (χ0v) is 10.8. The Morgan fingerprint density at radius 2 is 2.35 bits per heavy atom. The van der Waals surface area contributed by atoms with Crippen molar-refractivity contribution in [3.8, 4) is 0 Å². The molecular weight excluding hydrogens is 263 g/mol. The largest absolute Gasteiger partial charge is 0.371 e. The number of carbonyl (C=O) groups is 1. The van der Waals surface area contributed by atoms with Gasteiger partial charge < -0.3 is 10.2 Å². The molecule has 1 unspecified atom stereocenters. The van der Waals surface area contributed by atoms with Crippen LogP contribution in [0, 0.1) is 5.92 Å². The van der Waals surface area contributed by atoms with Gasteiger partial charge in [-0.05, 0) is 5.92 Å². The second-order valence-corrected chi connectivity index (χ2v) is 4.51. The number of alkyl halides is 1. The first kappa shape index (κ1) is 12.4. The minimum Gasteiger partial charge on any atom is -0.371 e. The van der Waals surface area contributed by atoms with Crippen LogP contribution in [0.15, 0.2) is 6.33 Å². The van der Waals surface area contributed by atoms with Gasteiger partial charge in [0.2, 0.25) is 5.91 Å². The Kier molecular flexibility index (Phi) is 3.69. The van der Waals surface area contributed by atoms with Crippen LogP contribution >= 0.6 is 23.2 Å². The third-order valence-corrected chi connectivity index (χ3v) is 3.42. The molecule has 0 saturated carbocycles. The normalized spacial score (nSPS) is 19.8. The van der Waals surface area contributed by atoms with Crippen LogP contribution in [0.3, 0.4) is 0 Å². The number of anilines is 2. The van der Waals surface area contributed by atoms with E-state index in [4.69, 9.17) is 23.2 Å². The Hall–Kier alpha value is -1.07. The highest BCUT2D eigenvalue weighted by Gasteiger charge is 2.33. The topological polar surface area (TPSA) is 58.1 Å². The molecule has 1 aromatic heterocycles. The summed E-state index contributed by atoms with van der Waals surface area (Å²) in [5.41, 5.74) is 0.536. The van der Waals surface area contributed by atoms with Gasteiger partial charge in [-0.15, -0.1) is 11.6 Å². The van der Waals surface area contributed by atoms with Gasteiger partial charge in [0.1, 0.15) is 12.0 Å². The fourth-order valence-corrected chi connectivity index (χ4v) is 2.32. The second kappa shape index (κ2) is 5.06.